The zero-order valence-electron chi connectivity index (χ0n) is 21.7. The second kappa shape index (κ2) is 9.14. The second-order valence-corrected chi connectivity index (χ2v) is 11.4. The number of carbonyl (C=O) groups excluding carboxylic acids is 1. The highest BCUT2D eigenvalue weighted by molar-refractivity contribution is 9.10. The Balaban J connectivity index is 1.69. The van der Waals surface area contributed by atoms with Gasteiger partial charge in [0, 0.05) is 28.2 Å². The van der Waals surface area contributed by atoms with Gasteiger partial charge in [-0.3, -0.25) is 9.69 Å². The van der Waals surface area contributed by atoms with Crippen molar-refractivity contribution in [2.45, 2.75) is 24.9 Å². The standard InChI is InChI=1S/C34H29BrN2O/c1-33(2)29-22-28(35)19-20-30(29)36(3)34(33)23-27(24-13-7-4-8-14-24)21-31(25-15-9-5-10-16-25)37(34)32(38)26-17-11-6-12-18-26/h4-23H,1-3H3. The Morgan fingerprint density at radius 1 is 0.763 bits per heavy atom. The SMILES string of the molecule is CN1c2ccc(Br)cc2C(C)(C)C12C=C(c1ccccc1)C=C(c1ccccc1)N2C(=O)c1ccccc1. The molecule has 0 aliphatic carbocycles. The summed E-state index contributed by atoms with van der Waals surface area (Å²) in [5.41, 5.74) is 5.79. The lowest BCUT2D eigenvalue weighted by Gasteiger charge is -2.54. The van der Waals surface area contributed by atoms with Crippen LogP contribution in [-0.2, 0) is 5.41 Å². The van der Waals surface area contributed by atoms with Gasteiger partial charge in [0.1, 0.15) is 5.66 Å². The van der Waals surface area contributed by atoms with Crippen molar-refractivity contribution >= 4 is 38.8 Å². The summed E-state index contributed by atoms with van der Waals surface area (Å²) in [5.74, 6) is -0.0316. The van der Waals surface area contributed by atoms with Gasteiger partial charge in [0.2, 0.25) is 0 Å². The molecule has 0 bridgehead atoms. The van der Waals surface area contributed by atoms with E-state index in [2.05, 4.69) is 108 Å². The van der Waals surface area contributed by atoms with Gasteiger partial charge in [0.15, 0.2) is 0 Å². The van der Waals surface area contributed by atoms with Crippen LogP contribution in [0.5, 0.6) is 0 Å². The molecule has 0 saturated heterocycles. The zero-order valence-corrected chi connectivity index (χ0v) is 23.3. The van der Waals surface area contributed by atoms with Crippen LogP contribution in [0, 0.1) is 0 Å². The predicted molar refractivity (Wildman–Crippen MR) is 160 cm³/mol. The van der Waals surface area contributed by atoms with Crippen molar-refractivity contribution in [2.75, 3.05) is 11.9 Å². The molecule has 4 heteroatoms. The smallest absolute Gasteiger partial charge is 0.260 e. The van der Waals surface area contributed by atoms with E-state index in [1.165, 1.54) is 5.56 Å². The largest absolute Gasteiger partial charge is 0.347 e. The molecular weight excluding hydrogens is 532 g/mol. The third-order valence-corrected chi connectivity index (χ3v) is 8.55. The molecule has 2 aliphatic heterocycles. The Labute approximate surface area is 232 Å². The normalized spacial score (nSPS) is 19.7. The summed E-state index contributed by atoms with van der Waals surface area (Å²) in [5, 5.41) is 0. The van der Waals surface area contributed by atoms with Gasteiger partial charge in [-0.05, 0) is 64.7 Å². The minimum atomic E-state index is -0.811. The summed E-state index contributed by atoms with van der Waals surface area (Å²) in [6, 6.07) is 36.7. The van der Waals surface area contributed by atoms with Crippen LogP contribution in [0.3, 0.4) is 0 Å². The fraction of sp³-hybridized carbons (Fsp3) is 0.147. The third-order valence-electron chi connectivity index (χ3n) is 8.06. The first kappa shape index (κ1) is 24.4. The van der Waals surface area contributed by atoms with Crippen LogP contribution in [0.1, 0.15) is 40.9 Å². The zero-order chi connectivity index (χ0) is 26.5. The van der Waals surface area contributed by atoms with Gasteiger partial charge < -0.3 is 4.90 Å². The van der Waals surface area contributed by atoms with Gasteiger partial charge >= 0.3 is 0 Å². The third kappa shape index (κ3) is 3.58. The lowest BCUT2D eigenvalue weighted by atomic mass is 9.71. The van der Waals surface area contributed by atoms with Crippen LogP contribution in [-0.4, -0.2) is 23.5 Å². The van der Waals surface area contributed by atoms with Gasteiger partial charge in [-0.25, -0.2) is 0 Å². The Morgan fingerprint density at radius 2 is 1.34 bits per heavy atom. The molecule has 0 N–H and O–H groups in total. The molecular formula is C34H29BrN2O. The molecule has 38 heavy (non-hydrogen) atoms. The first-order valence-corrected chi connectivity index (χ1v) is 13.6. The van der Waals surface area contributed by atoms with E-state index in [9.17, 15) is 4.79 Å². The summed E-state index contributed by atoms with van der Waals surface area (Å²) in [4.78, 5) is 19.0. The lowest BCUT2D eigenvalue weighted by molar-refractivity contribution is 0.0627. The molecule has 6 rings (SSSR count). The van der Waals surface area contributed by atoms with Crippen LogP contribution in [0.25, 0.3) is 11.3 Å². The number of rotatable bonds is 3. The quantitative estimate of drug-likeness (QED) is 0.252. The number of anilines is 1. The molecule has 1 atom stereocenters. The first-order valence-electron chi connectivity index (χ1n) is 12.8. The number of carbonyl (C=O) groups is 1. The van der Waals surface area contributed by atoms with Gasteiger partial charge in [0.05, 0.1) is 5.70 Å². The molecule has 2 heterocycles. The van der Waals surface area contributed by atoms with E-state index in [0.29, 0.717) is 5.56 Å². The van der Waals surface area contributed by atoms with Crippen molar-refractivity contribution in [3.63, 3.8) is 0 Å². The van der Waals surface area contributed by atoms with E-state index < -0.39 is 11.1 Å². The molecule has 0 aromatic heterocycles. The molecule has 4 aromatic carbocycles. The number of halogens is 1. The van der Waals surface area contributed by atoms with Crippen molar-refractivity contribution in [1.82, 2.24) is 4.90 Å². The van der Waals surface area contributed by atoms with Crippen molar-refractivity contribution in [3.05, 3.63) is 148 Å². The van der Waals surface area contributed by atoms with Gasteiger partial charge in [-0.15, -0.1) is 0 Å². The topological polar surface area (TPSA) is 23.6 Å². The minimum absolute atomic E-state index is 0.0316. The van der Waals surface area contributed by atoms with E-state index in [1.807, 2.05) is 59.5 Å². The summed E-state index contributed by atoms with van der Waals surface area (Å²) in [7, 11) is 2.11. The Kier molecular flexibility index (Phi) is 5.88. The van der Waals surface area contributed by atoms with Crippen molar-refractivity contribution in [2.24, 2.45) is 0 Å². The highest BCUT2D eigenvalue weighted by atomic mass is 79.9. The Bertz CT molecular complexity index is 1580. The monoisotopic (exact) mass is 560 g/mol. The maximum absolute atomic E-state index is 14.7. The van der Waals surface area contributed by atoms with Crippen LogP contribution >= 0.6 is 15.9 Å². The van der Waals surface area contributed by atoms with E-state index >= 15 is 0 Å². The number of amides is 1. The number of likely N-dealkylation sites (N-methyl/N-ethyl adjacent to an activating group) is 1. The molecule has 1 unspecified atom stereocenters. The van der Waals surface area contributed by atoms with Crippen LogP contribution in [0.4, 0.5) is 5.69 Å². The second-order valence-electron chi connectivity index (χ2n) is 10.4. The molecule has 3 nitrogen and oxygen atoms in total. The van der Waals surface area contributed by atoms with E-state index in [1.54, 1.807) is 0 Å². The first-order chi connectivity index (χ1) is 18.3. The highest BCUT2D eigenvalue weighted by Crippen LogP contribution is 2.58. The number of hydrogen-bond acceptors (Lipinski definition) is 2. The number of fused-ring (bicyclic) bond motifs is 1. The van der Waals surface area contributed by atoms with Gasteiger partial charge in [-0.1, -0.05) is 109 Å². The molecule has 0 saturated carbocycles. The van der Waals surface area contributed by atoms with E-state index in [0.717, 1.165) is 32.6 Å². The van der Waals surface area contributed by atoms with Crippen LogP contribution in [0.15, 0.2) is 126 Å². The molecule has 188 valence electrons. The summed E-state index contributed by atoms with van der Waals surface area (Å²) in [6.45, 7) is 4.50. The molecule has 0 radical (unpaired) electrons. The lowest BCUT2D eigenvalue weighted by Crippen LogP contribution is -2.66. The van der Waals surface area contributed by atoms with Crippen molar-refractivity contribution < 1.29 is 4.79 Å². The van der Waals surface area contributed by atoms with Crippen LogP contribution in [0.2, 0.25) is 0 Å². The van der Waals surface area contributed by atoms with Gasteiger partial charge in [0.25, 0.3) is 5.91 Å². The molecule has 1 amide bonds. The fourth-order valence-corrected chi connectivity index (χ4v) is 6.48. The van der Waals surface area contributed by atoms with Crippen molar-refractivity contribution in [1.29, 1.82) is 0 Å². The summed E-state index contributed by atoms with van der Waals surface area (Å²) in [6.07, 6.45) is 4.46. The highest BCUT2D eigenvalue weighted by Gasteiger charge is 2.61. The average molecular weight is 562 g/mol. The Hall–Kier alpha value is -3.89. The number of hydrogen-bond donors (Lipinski definition) is 0. The van der Waals surface area contributed by atoms with E-state index in [-0.39, 0.29) is 5.91 Å². The number of benzene rings is 4. The molecule has 1 spiro atoms. The molecule has 0 fully saturated rings. The molecule has 4 aromatic rings. The van der Waals surface area contributed by atoms with E-state index in [4.69, 9.17) is 0 Å². The average Bonchev–Trinajstić information content (AvgIpc) is 3.11. The Morgan fingerprint density at radius 3 is 1.97 bits per heavy atom. The van der Waals surface area contributed by atoms with Crippen LogP contribution < -0.4 is 4.90 Å². The molecule has 2 aliphatic rings. The maximum Gasteiger partial charge on any atom is 0.260 e. The van der Waals surface area contributed by atoms with Crippen molar-refractivity contribution in [3.8, 4) is 0 Å². The predicted octanol–water partition coefficient (Wildman–Crippen LogP) is 8.15. The minimum Gasteiger partial charge on any atom is -0.347 e. The van der Waals surface area contributed by atoms with Gasteiger partial charge in [-0.2, -0.15) is 0 Å². The maximum atomic E-state index is 14.7. The summed E-state index contributed by atoms with van der Waals surface area (Å²) >= 11 is 3.70. The summed E-state index contributed by atoms with van der Waals surface area (Å²) < 4.78 is 1.03. The number of allylic oxidation sites excluding steroid dienone is 2. The fourth-order valence-electron chi connectivity index (χ4n) is 6.12. The number of nitrogens with zero attached hydrogens (tertiary/aromatic N) is 2.